The van der Waals surface area contributed by atoms with Gasteiger partial charge in [-0.05, 0) is 45.1 Å². The lowest BCUT2D eigenvalue weighted by Gasteiger charge is -2.41. The van der Waals surface area contributed by atoms with Gasteiger partial charge < -0.3 is 15.1 Å². The van der Waals surface area contributed by atoms with Gasteiger partial charge >= 0.3 is 0 Å². The minimum Gasteiger partial charge on any atom is -0.368 e. The van der Waals surface area contributed by atoms with Gasteiger partial charge in [0.25, 0.3) is 0 Å². The van der Waals surface area contributed by atoms with Gasteiger partial charge in [-0.1, -0.05) is 0 Å². The molecule has 0 radical (unpaired) electrons. The van der Waals surface area contributed by atoms with Crippen LogP contribution in [0.25, 0.3) is 0 Å². The maximum Gasteiger partial charge on any atom is 0.225 e. The van der Waals surface area contributed by atoms with Crippen LogP contribution < -0.4 is 15.1 Å². The molecule has 4 rings (SSSR count). The van der Waals surface area contributed by atoms with Gasteiger partial charge in [-0.3, -0.25) is 0 Å². The first-order chi connectivity index (χ1) is 13.0. The lowest BCUT2D eigenvalue weighted by molar-refractivity contribution is 0.333. The van der Waals surface area contributed by atoms with Gasteiger partial charge in [0.2, 0.25) is 5.95 Å². The van der Waals surface area contributed by atoms with Crippen molar-refractivity contribution < 1.29 is 0 Å². The summed E-state index contributed by atoms with van der Waals surface area (Å²) in [7, 11) is 4.00. The Hall–Kier alpha value is -2.44. The third-order valence-electron chi connectivity index (χ3n) is 5.62. The van der Waals surface area contributed by atoms with Crippen LogP contribution in [0.2, 0.25) is 0 Å². The number of piperidine rings is 1. The van der Waals surface area contributed by atoms with Crippen LogP contribution in [-0.2, 0) is 11.8 Å². The molecule has 1 aliphatic carbocycles. The molecule has 144 valence electrons. The van der Waals surface area contributed by atoms with Crippen LogP contribution in [-0.4, -0.2) is 53.2 Å². The van der Waals surface area contributed by atoms with E-state index < -0.39 is 0 Å². The van der Waals surface area contributed by atoms with Gasteiger partial charge in [-0.15, -0.1) is 0 Å². The van der Waals surface area contributed by atoms with Crippen molar-refractivity contribution in [3.8, 4) is 0 Å². The first kappa shape index (κ1) is 17.9. The number of anilines is 3. The molecule has 2 aromatic rings. The Morgan fingerprint density at radius 3 is 2.81 bits per heavy atom. The Morgan fingerprint density at radius 2 is 2.04 bits per heavy atom. The van der Waals surface area contributed by atoms with Crippen molar-refractivity contribution in [2.24, 2.45) is 0 Å². The normalized spacial score (nSPS) is 21.6. The third kappa shape index (κ3) is 3.42. The van der Waals surface area contributed by atoms with E-state index >= 15 is 0 Å². The van der Waals surface area contributed by atoms with Crippen molar-refractivity contribution in [2.45, 2.75) is 51.0 Å². The molecular weight excluding hydrogens is 338 g/mol. The zero-order valence-electron chi connectivity index (χ0n) is 16.7. The van der Waals surface area contributed by atoms with Crippen molar-refractivity contribution in [1.82, 2.24) is 19.9 Å². The molecule has 7 nitrogen and oxygen atoms in total. The fraction of sp³-hybridized carbons (Fsp3) is 0.600. The Bertz CT molecular complexity index is 816. The number of nitrogens with zero attached hydrogens (tertiary/aromatic N) is 6. The number of nitrogens with one attached hydrogen (secondary N) is 1. The molecule has 27 heavy (non-hydrogen) atoms. The second-order valence-electron chi connectivity index (χ2n) is 8.30. The third-order valence-corrected chi connectivity index (χ3v) is 5.62. The molecule has 0 saturated carbocycles. The summed E-state index contributed by atoms with van der Waals surface area (Å²) in [6.45, 7) is 6.23. The molecule has 0 aromatic carbocycles. The number of aromatic nitrogens is 4. The average Bonchev–Trinajstić information content (AvgIpc) is 2.99. The van der Waals surface area contributed by atoms with Crippen LogP contribution in [0.15, 0.2) is 18.6 Å². The van der Waals surface area contributed by atoms with Crippen LogP contribution >= 0.6 is 0 Å². The van der Waals surface area contributed by atoms with Crippen LogP contribution in [0.1, 0.15) is 44.4 Å². The highest BCUT2D eigenvalue weighted by Gasteiger charge is 2.44. The molecule has 1 fully saturated rings. The van der Waals surface area contributed by atoms with Crippen LogP contribution in [0, 0.1) is 0 Å². The van der Waals surface area contributed by atoms with Gasteiger partial charge in [-0.2, -0.15) is 0 Å². The molecule has 1 aliphatic heterocycles. The van der Waals surface area contributed by atoms with Crippen molar-refractivity contribution in [3.05, 3.63) is 29.8 Å². The lowest BCUT2D eigenvalue weighted by atomic mass is 9.77. The molecule has 1 spiro atoms. The highest BCUT2D eigenvalue weighted by Crippen LogP contribution is 2.44. The smallest absolute Gasteiger partial charge is 0.225 e. The first-order valence-electron chi connectivity index (χ1n) is 9.84. The molecule has 1 N–H and O–H groups in total. The predicted octanol–water partition coefficient (Wildman–Crippen LogP) is 2.64. The average molecular weight is 368 g/mol. The van der Waals surface area contributed by atoms with E-state index in [1.807, 2.05) is 25.2 Å². The molecule has 1 atom stereocenters. The summed E-state index contributed by atoms with van der Waals surface area (Å²) in [6, 6.07) is 2.42. The molecule has 0 bridgehead atoms. The fourth-order valence-electron chi connectivity index (χ4n) is 4.37. The maximum absolute atomic E-state index is 4.96. The van der Waals surface area contributed by atoms with E-state index in [1.165, 1.54) is 17.7 Å². The summed E-state index contributed by atoms with van der Waals surface area (Å²) in [5.74, 6) is 2.69. The Balaban J connectivity index is 1.62. The van der Waals surface area contributed by atoms with E-state index in [0.29, 0.717) is 6.04 Å². The van der Waals surface area contributed by atoms with E-state index in [1.54, 1.807) is 6.33 Å². The summed E-state index contributed by atoms with van der Waals surface area (Å²) in [5.41, 5.74) is 2.67. The summed E-state index contributed by atoms with van der Waals surface area (Å²) in [5, 5.41) is 3.38. The maximum atomic E-state index is 4.96. The Morgan fingerprint density at radius 1 is 1.19 bits per heavy atom. The van der Waals surface area contributed by atoms with E-state index in [0.717, 1.165) is 49.9 Å². The van der Waals surface area contributed by atoms with Gasteiger partial charge in [0.05, 0.1) is 5.69 Å². The number of hydrogen-bond acceptors (Lipinski definition) is 7. The van der Waals surface area contributed by atoms with Gasteiger partial charge in [0.15, 0.2) is 0 Å². The zero-order valence-corrected chi connectivity index (χ0v) is 16.7. The van der Waals surface area contributed by atoms with Crippen molar-refractivity contribution in [1.29, 1.82) is 0 Å². The largest absolute Gasteiger partial charge is 0.368 e. The van der Waals surface area contributed by atoms with E-state index in [9.17, 15) is 0 Å². The second kappa shape index (κ2) is 6.94. The van der Waals surface area contributed by atoms with Crippen molar-refractivity contribution in [2.75, 3.05) is 42.3 Å². The lowest BCUT2D eigenvalue weighted by Crippen LogP contribution is -2.46. The molecular formula is C20H29N7. The van der Waals surface area contributed by atoms with Gasteiger partial charge in [0.1, 0.15) is 18.0 Å². The predicted molar refractivity (Wildman–Crippen MR) is 109 cm³/mol. The summed E-state index contributed by atoms with van der Waals surface area (Å²) in [6.07, 6.45) is 8.24. The summed E-state index contributed by atoms with van der Waals surface area (Å²) < 4.78 is 0. The van der Waals surface area contributed by atoms with E-state index in [4.69, 9.17) is 4.98 Å². The minimum absolute atomic E-state index is 0.109. The quantitative estimate of drug-likeness (QED) is 0.891. The summed E-state index contributed by atoms with van der Waals surface area (Å²) in [4.78, 5) is 22.8. The molecule has 1 unspecified atom stereocenters. The fourth-order valence-corrected chi connectivity index (χ4v) is 4.37. The number of fused-ring (bicyclic) bond motifs is 2. The van der Waals surface area contributed by atoms with Crippen LogP contribution in [0.5, 0.6) is 0 Å². The number of rotatable bonds is 4. The number of hydrogen-bond donors (Lipinski definition) is 1. The molecule has 0 amide bonds. The monoisotopic (exact) mass is 367 g/mol. The second-order valence-corrected chi connectivity index (χ2v) is 8.30. The molecule has 2 aliphatic rings. The first-order valence-corrected chi connectivity index (χ1v) is 9.84. The summed E-state index contributed by atoms with van der Waals surface area (Å²) >= 11 is 0. The van der Waals surface area contributed by atoms with Crippen molar-refractivity contribution in [3.63, 3.8) is 0 Å². The number of aryl methyl sites for hydroxylation is 1. The van der Waals surface area contributed by atoms with E-state index in [-0.39, 0.29) is 5.41 Å². The highest BCUT2D eigenvalue weighted by molar-refractivity contribution is 5.51. The topological polar surface area (TPSA) is 70.1 Å². The van der Waals surface area contributed by atoms with Gasteiger partial charge in [-0.25, -0.2) is 19.9 Å². The molecule has 7 heteroatoms. The molecule has 3 heterocycles. The van der Waals surface area contributed by atoms with Crippen LogP contribution in [0.3, 0.4) is 0 Å². The standard InChI is InChI=1S/C20H29N7/c1-14(2)24-16-10-17(23-13-22-16)27-9-5-7-20(12-27)8-6-15-11-21-19(26(3)4)25-18(15)20/h10-11,13-14H,5-9,12H2,1-4H3,(H,22,23,24). The van der Waals surface area contributed by atoms with Crippen LogP contribution in [0.4, 0.5) is 17.6 Å². The van der Waals surface area contributed by atoms with E-state index in [2.05, 4.69) is 45.1 Å². The molecule has 2 aromatic heterocycles. The van der Waals surface area contributed by atoms with Gasteiger partial charge in [0, 0.05) is 50.9 Å². The minimum atomic E-state index is 0.109. The molecule has 1 saturated heterocycles. The Labute approximate surface area is 161 Å². The zero-order chi connectivity index (χ0) is 19.0. The SMILES string of the molecule is CC(C)Nc1cc(N2CCCC3(CCc4cnc(N(C)C)nc43)C2)ncn1. The highest BCUT2D eigenvalue weighted by atomic mass is 15.2. The Kier molecular flexibility index (Phi) is 4.61. The van der Waals surface area contributed by atoms with Crippen molar-refractivity contribution >= 4 is 17.6 Å².